The first kappa shape index (κ1) is 24.4. The third-order valence-electron chi connectivity index (χ3n) is 6.06. The van der Waals surface area contributed by atoms with Crippen LogP contribution in [0, 0.1) is 6.92 Å². The Kier molecular flexibility index (Phi) is 6.29. The van der Waals surface area contributed by atoms with Gasteiger partial charge >= 0.3 is 5.97 Å². The summed E-state index contributed by atoms with van der Waals surface area (Å²) in [5.41, 5.74) is 3.31. The number of hydrogen-bond acceptors (Lipinski definition) is 9. The number of anilines is 2. The van der Waals surface area contributed by atoms with Gasteiger partial charge in [0.05, 0.1) is 17.2 Å². The molecule has 0 saturated carbocycles. The number of ether oxygens (including phenoxy) is 3. The fourth-order valence-electron chi connectivity index (χ4n) is 4.30. The largest absolute Gasteiger partial charge is 0.461 e. The number of nitrogens with zero attached hydrogens (tertiary/aromatic N) is 3. The van der Waals surface area contributed by atoms with E-state index in [0.29, 0.717) is 22.1 Å². The molecule has 3 aliphatic rings. The van der Waals surface area contributed by atoms with E-state index >= 15 is 0 Å². The van der Waals surface area contributed by atoms with Gasteiger partial charge in [-0.3, -0.25) is 9.69 Å². The van der Waals surface area contributed by atoms with Gasteiger partial charge in [0.2, 0.25) is 16.2 Å². The van der Waals surface area contributed by atoms with Crippen molar-refractivity contribution >= 4 is 57.9 Å². The number of thioether (sulfide) groups is 2. The number of hydrogen-bond donors (Lipinski definition) is 0. The van der Waals surface area contributed by atoms with Crippen molar-refractivity contribution in [3.63, 3.8) is 0 Å². The van der Waals surface area contributed by atoms with Gasteiger partial charge in [-0.25, -0.2) is 9.80 Å². The van der Waals surface area contributed by atoms with Crippen LogP contribution in [-0.2, 0) is 14.3 Å². The van der Waals surface area contributed by atoms with Crippen LogP contribution in [0.25, 0.3) is 6.08 Å². The van der Waals surface area contributed by atoms with Crippen molar-refractivity contribution in [2.24, 2.45) is 5.10 Å². The molecule has 1 atom stereocenters. The molecule has 0 radical (unpaired) electrons. The summed E-state index contributed by atoms with van der Waals surface area (Å²) in [4.78, 5) is 29.2. The van der Waals surface area contributed by atoms with Crippen LogP contribution in [0.3, 0.4) is 0 Å². The number of esters is 1. The maximum Gasteiger partial charge on any atom is 0.365 e. The van der Waals surface area contributed by atoms with Crippen LogP contribution in [0.15, 0.2) is 82.8 Å². The normalized spacial score (nSPS) is 20.9. The molecule has 3 aliphatic heterocycles. The number of hydrazone groups is 1. The maximum absolute atomic E-state index is 14.1. The number of carbonyl (C=O) groups excluding carboxylic acids is 2. The summed E-state index contributed by atoms with van der Waals surface area (Å²) in [7, 11) is 0. The molecule has 0 N–H and O–H groups in total. The number of fused-ring (bicyclic) bond motifs is 1. The lowest BCUT2D eigenvalue weighted by Gasteiger charge is -2.38. The lowest BCUT2D eigenvalue weighted by Crippen LogP contribution is -2.51. The van der Waals surface area contributed by atoms with Crippen molar-refractivity contribution < 1.29 is 23.8 Å². The van der Waals surface area contributed by atoms with Gasteiger partial charge in [-0.2, -0.15) is 5.10 Å². The third kappa shape index (κ3) is 4.19. The quantitative estimate of drug-likeness (QED) is 0.303. The fourth-order valence-corrected chi connectivity index (χ4v) is 7.18. The molecule has 6 rings (SSSR count). The number of amides is 1. The highest BCUT2D eigenvalue weighted by Gasteiger charge is 2.60. The minimum atomic E-state index is -1.13. The fraction of sp³-hybridized carbons (Fsp3) is 0.179. The van der Waals surface area contributed by atoms with Crippen LogP contribution in [0.5, 0.6) is 11.5 Å². The lowest BCUT2D eigenvalue weighted by atomic mass is 10.2. The van der Waals surface area contributed by atoms with Gasteiger partial charge < -0.3 is 14.2 Å². The van der Waals surface area contributed by atoms with Gasteiger partial charge in [0, 0.05) is 5.69 Å². The van der Waals surface area contributed by atoms with Crippen LogP contribution in [0.4, 0.5) is 11.4 Å². The smallest absolute Gasteiger partial charge is 0.365 e. The Morgan fingerprint density at radius 1 is 1.03 bits per heavy atom. The maximum atomic E-state index is 14.1. The van der Waals surface area contributed by atoms with E-state index in [1.807, 2.05) is 85.8 Å². The van der Waals surface area contributed by atoms with E-state index in [9.17, 15) is 9.59 Å². The van der Waals surface area contributed by atoms with Gasteiger partial charge in [0.15, 0.2) is 11.5 Å². The first-order valence-corrected chi connectivity index (χ1v) is 13.6. The Bertz CT molecular complexity index is 1480. The summed E-state index contributed by atoms with van der Waals surface area (Å²) in [5.74, 6) is 0.572. The van der Waals surface area contributed by atoms with E-state index in [-0.39, 0.29) is 24.4 Å². The Balaban J connectivity index is 1.49. The second kappa shape index (κ2) is 9.77. The number of carbonyl (C=O) groups is 2. The van der Waals surface area contributed by atoms with Crippen molar-refractivity contribution in [3.05, 3.63) is 88.8 Å². The number of benzene rings is 3. The van der Waals surface area contributed by atoms with Crippen molar-refractivity contribution in [3.8, 4) is 11.5 Å². The number of aryl methyl sites for hydroxylation is 1. The summed E-state index contributed by atoms with van der Waals surface area (Å²) in [6, 6.07) is 22.8. The van der Waals surface area contributed by atoms with Crippen molar-refractivity contribution in [2.45, 2.75) is 18.2 Å². The van der Waals surface area contributed by atoms with Crippen LogP contribution in [0.2, 0.25) is 0 Å². The van der Waals surface area contributed by atoms with Crippen molar-refractivity contribution in [1.29, 1.82) is 0 Å². The van der Waals surface area contributed by atoms with E-state index < -0.39 is 10.3 Å². The molecule has 192 valence electrons. The second-order valence-electron chi connectivity index (χ2n) is 8.62. The molecule has 1 fully saturated rings. The minimum Gasteiger partial charge on any atom is -0.461 e. The summed E-state index contributed by atoms with van der Waals surface area (Å²) in [5, 5.41) is 6.61. The second-order valence-corrected chi connectivity index (χ2v) is 11.3. The van der Waals surface area contributed by atoms with Crippen LogP contribution < -0.4 is 19.4 Å². The van der Waals surface area contributed by atoms with Crippen LogP contribution >= 0.6 is 23.5 Å². The highest BCUT2D eigenvalue weighted by atomic mass is 32.2. The summed E-state index contributed by atoms with van der Waals surface area (Å²) >= 11 is 2.54. The predicted octanol–water partition coefficient (Wildman–Crippen LogP) is 5.59. The molecule has 0 bridgehead atoms. The average Bonchev–Trinajstić information content (AvgIpc) is 3.61. The minimum absolute atomic E-state index is 0.171. The van der Waals surface area contributed by atoms with Crippen LogP contribution in [0.1, 0.15) is 18.1 Å². The molecule has 38 heavy (non-hydrogen) atoms. The van der Waals surface area contributed by atoms with Gasteiger partial charge in [0.25, 0.3) is 5.91 Å². The van der Waals surface area contributed by atoms with E-state index in [2.05, 4.69) is 0 Å². The lowest BCUT2D eigenvalue weighted by molar-refractivity contribution is -0.134. The highest BCUT2D eigenvalue weighted by Crippen LogP contribution is 2.59. The zero-order valence-electron chi connectivity index (χ0n) is 20.6. The molecule has 1 unspecified atom stereocenters. The molecule has 1 saturated heterocycles. The molecule has 3 aromatic rings. The van der Waals surface area contributed by atoms with E-state index in [4.69, 9.17) is 19.3 Å². The molecule has 1 spiro atoms. The van der Waals surface area contributed by atoms with E-state index in [1.165, 1.54) is 23.5 Å². The molecule has 1 amide bonds. The first-order valence-electron chi connectivity index (χ1n) is 12.0. The topological polar surface area (TPSA) is 80.7 Å². The molecular weight excluding hydrogens is 522 g/mol. The number of para-hydroxylation sites is 1. The van der Waals surface area contributed by atoms with Gasteiger partial charge in [-0.05, 0) is 73.6 Å². The monoisotopic (exact) mass is 545 g/mol. The standard InChI is InChI=1S/C28H23N3O5S2/c1-3-34-27(33)25-29-31(21-12-9-18(2)10-13-21)28(38-25)30(20-7-5-4-6-8-20)26(32)24(37-28)16-19-11-14-22-23(15-19)36-17-35-22/h4-16H,3,17H2,1-2H3/b24-16-. The van der Waals surface area contributed by atoms with E-state index in [1.54, 1.807) is 16.8 Å². The zero-order valence-corrected chi connectivity index (χ0v) is 22.3. The molecule has 0 aromatic heterocycles. The van der Waals surface area contributed by atoms with Crippen molar-refractivity contribution in [1.82, 2.24) is 0 Å². The van der Waals surface area contributed by atoms with Gasteiger partial charge in [-0.15, -0.1) is 0 Å². The summed E-state index contributed by atoms with van der Waals surface area (Å²) < 4.78 is 15.1. The molecule has 3 aromatic carbocycles. The Morgan fingerprint density at radius 2 is 1.79 bits per heavy atom. The van der Waals surface area contributed by atoms with Gasteiger partial charge in [-0.1, -0.05) is 53.7 Å². The molecule has 8 nitrogen and oxygen atoms in total. The predicted molar refractivity (Wildman–Crippen MR) is 150 cm³/mol. The summed E-state index contributed by atoms with van der Waals surface area (Å²) in [6.45, 7) is 4.15. The zero-order chi connectivity index (χ0) is 26.3. The Hall–Kier alpha value is -3.89. The average molecular weight is 546 g/mol. The third-order valence-corrected chi connectivity index (χ3v) is 8.76. The molecular formula is C28H23N3O5S2. The highest BCUT2D eigenvalue weighted by molar-refractivity contribution is 8.29. The Labute approximate surface area is 228 Å². The van der Waals surface area contributed by atoms with Gasteiger partial charge in [0.1, 0.15) is 0 Å². The molecule has 0 aliphatic carbocycles. The number of rotatable bonds is 5. The van der Waals surface area contributed by atoms with Crippen LogP contribution in [-0.4, -0.2) is 34.6 Å². The van der Waals surface area contributed by atoms with E-state index in [0.717, 1.165) is 16.8 Å². The van der Waals surface area contributed by atoms with Crippen molar-refractivity contribution in [2.75, 3.05) is 23.3 Å². The first-order chi connectivity index (χ1) is 18.5. The summed E-state index contributed by atoms with van der Waals surface area (Å²) in [6.07, 6.45) is 1.83. The SMILES string of the molecule is CCOC(=O)C1=NN(c2ccc(C)cc2)C2(S1)S/C(=C\c1ccc3c(c1)OCO3)C(=O)N2c1ccccc1. The molecule has 10 heteroatoms. The Morgan fingerprint density at radius 3 is 2.55 bits per heavy atom. The molecule has 3 heterocycles.